The molecular formula is C8H15FN2O3. The van der Waals surface area contributed by atoms with E-state index < -0.39 is 24.4 Å². The highest BCUT2D eigenvalue weighted by Gasteiger charge is 2.38. The summed E-state index contributed by atoms with van der Waals surface area (Å²) < 4.78 is 13.4. The van der Waals surface area contributed by atoms with Crippen molar-refractivity contribution in [1.29, 1.82) is 0 Å². The minimum atomic E-state index is -1.54. The summed E-state index contributed by atoms with van der Waals surface area (Å²) in [6.45, 7) is 1.18. The fourth-order valence-corrected chi connectivity index (χ4v) is 1.54. The SMILES string of the molecule is CC(=O)N[C@H]1CN[C@H](CO)[C@@H](O)[C@@H]1F. The number of hydrogen-bond acceptors (Lipinski definition) is 4. The lowest BCUT2D eigenvalue weighted by atomic mass is 9.96. The molecule has 0 spiro atoms. The van der Waals surface area contributed by atoms with Gasteiger partial charge in [0.05, 0.1) is 18.7 Å². The second kappa shape index (κ2) is 4.68. The lowest BCUT2D eigenvalue weighted by molar-refractivity contribution is -0.121. The Balaban J connectivity index is 2.54. The van der Waals surface area contributed by atoms with Gasteiger partial charge in [-0.2, -0.15) is 0 Å². The monoisotopic (exact) mass is 206 g/mol. The van der Waals surface area contributed by atoms with Crippen LogP contribution in [0.2, 0.25) is 0 Å². The molecule has 0 aromatic rings. The van der Waals surface area contributed by atoms with Gasteiger partial charge in [-0.25, -0.2) is 4.39 Å². The molecule has 4 atom stereocenters. The largest absolute Gasteiger partial charge is 0.395 e. The molecule has 0 unspecified atom stereocenters. The van der Waals surface area contributed by atoms with E-state index >= 15 is 0 Å². The maximum absolute atomic E-state index is 13.4. The van der Waals surface area contributed by atoms with Crippen molar-refractivity contribution in [2.24, 2.45) is 0 Å². The van der Waals surface area contributed by atoms with E-state index in [1.165, 1.54) is 6.92 Å². The zero-order chi connectivity index (χ0) is 10.7. The molecule has 1 aliphatic rings. The van der Waals surface area contributed by atoms with Gasteiger partial charge in [0, 0.05) is 13.5 Å². The number of nitrogens with one attached hydrogen (secondary N) is 2. The van der Waals surface area contributed by atoms with Crippen LogP contribution < -0.4 is 10.6 Å². The van der Waals surface area contributed by atoms with Crippen LogP contribution in [0.1, 0.15) is 6.92 Å². The van der Waals surface area contributed by atoms with Gasteiger partial charge in [-0.15, -0.1) is 0 Å². The molecule has 0 aromatic carbocycles. The summed E-state index contributed by atoms with van der Waals surface area (Å²) in [6.07, 6.45) is -2.83. The van der Waals surface area contributed by atoms with E-state index in [0.717, 1.165) is 0 Å². The summed E-state index contributed by atoms with van der Waals surface area (Å²) in [6, 6.07) is -1.39. The lowest BCUT2D eigenvalue weighted by Crippen LogP contribution is -2.63. The van der Waals surface area contributed by atoms with Crippen molar-refractivity contribution in [3.05, 3.63) is 0 Å². The van der Waals surface area contributed by atoms with Crippen molar-refractivity contribution >= 4 is 5.91 Å². The number of rotatable bonds is 2. The fraction of sp³-hybridized carbons (Fsp3) is 0.875. The third kappa shape index (κ3) is 2.40. The highest BCUT2D eigenvalue weighted by Crippen LogP contribution is 2.13. The van der Waals surface area contributed by atoms with E-state index in [4.69, 9.17) is 5.11 Å². The van der Waals surface area contributed by atoms with Crippen LogP contribution in [0.4, 0.5) is 4.39 Å². The Bertz CT molecular complexity index is 215. The third-order valence-corrected chi connectivity index (χ3v) is 2.31. The molecule has 1 amide bonds. The van der Waals surface area contributed by atoms with E-state index in [0.29, 0.717) is 0 Å². The van der Waals surface area contributed by atoms with Crippen LogP contribution in [0, 0.1) is 0 Å². The van der Waals surface area contributed by atoms with Crippen LogP contribution in [-0.2, 0) is 4.79 Å². The summed E-state index contributed by atoms with van der Waals surface area (Å²) >= 11 is 0. The van der Waals surface area contributed by atoms with Gasteiger partial charge >= 0.3 is 0 Å². The van der Waals surface area contributed by atoms with Gasteiger partial charge in [0.1, 0.15) is 12.3 Å². The minimum Gasteiger partial charge on any atom is -0.395 e. The Kier molecular flexibility index (Phi) is 3.79. The van der Waals surface area contributed by atoms with Gasteiger partial charge in [0.2, 0.25) is 5.91 Å². The Morgan fingerprint density at radius 1 is 1.71 bits per heavy atom. The smallest absolute Gasteiger partial charge is 0.217 e. The van der Waals surface area contributed by atoms with E-state index in [2.05, 4.69) is 10.6 Å². The molecule has 1 rings (SSSR count). The van der Waals surface area contributed by atoms with E-state index in [1.807, 2.05) is 0 Å². The fourth-order valence-electron chi connectivity index (χ4n) is 1.54. The molecule has 1 fully saturated rings. The van der Waals surface area contributed by atoms with Crippen molar-refractivity contribution in [2.45, 2.75) is 31.3 Å². The van der Waals surface area contributed by atoms with Crippen LogP contribution >= 0.6 is 0 Å². The first-order chi connectivity index (χ1) is 6.56. The average molecular weight is 206 g/mol. The maximum Gasteiger partial charge on any atom is 0.217 e. The Labute approximate surface area is 81.3 Å². The molecule has 0 aliphatic carbocycles. The van der Waals surface area contributed by atoms with Gasteiger partial charge in [-0.3, -0.25) is 4.79 Å². The van der Waals surface area contributed by atoms with Crippen LogP contribution in [-0.4, -0.2) is 53.6 Å². The molecule has 6 heteroatoms. The number of piperidine rings is 1. The number of carbonyl (C=O) groups excluding carboxylic acids is 1. The second-order valence-electron chi connectivity index (χ2n) is 3.44. The zero-order valence-corrected chi connectivity index (χ0v) is 7.90. The molecule has 0 saturated carbocycles. The normalized spacial score (nSPS) is 38.0. The molecule has 0 aromatic heterocycles. The first-order valence-electron chi connectivity index (χ1n) is 4.49. The van der Waals surface area contributed by atoms with Gasteiger partial charge in [0.15, 0.2) is 0 Å². The van der Waals surface area contributed by atoms with Crippen LogP contribution in [0.25, 0.3) is 0 Å². The van der Waals surface area contributed by atoms with E-state index in [9.17, 15) is 14.3 Å². The standard InChI is InChI=1S/C8H15FN2O3/c1-4(13)11-5-2-10-6(3-12)8(14)7(5)9/h5-8,10,12,14H,2-3H2,1H3,(H,11,13)/t5-,6+,7+,8+/m0/s1. The van der Waals surface area contributed by atoms with E-state index in [-0.39, 0.29) is 19.1 Å². The Morgan fingerprint density at radius 2 is 2.36 bits per heavy atom. The van der Waals surface area contributed by atoms with Gasteiger partial charge in [0.25, 0.3) is 0 Å². The van der Waals surface area contributed by atoms with Crippen LogP contribution in [0.15, 0.2) is 0 Å². The van der Waals surface area contributed by atoms with Crippen molar-refractivity contribution < 1.29 is 19.4 Å². The molecule has 0 radical (unpaired) electrons. The topological polar surface area (TPSA) is 81.6 Å². The number of carbonyl (C=O) groups is 1. The van der Waals surface area contributed by atoms with Crippen molar-refractivity contribution in [3.63, 3.8) is 0 Å². The number of aliphatic hydroxyl groups excluding tert-OH is 2. The quantitative estimate of drug-likeness (QED) is 0.428. The average Bonchev–Trinajstić information content (AvgIpc) is 2.13. The van der Waals surface area contributed by atoms with Gasteiger partial charge < -0.3 is 20.8 Å². The van der Waals surface area contributed by atoms with Crippen molar-refractivity contribution in [1.82, 2.24) is 10.6 Å². The number of halogens is 1. The second-order valence-corrected chi connectivity index (χ2v) is 3.44. The Morgan fingerprint density at radius 3 is 2.86 bits per heavy atom. The highest BCUT2D eigenvalue weighted by atomic mass is 19.1. The predicted molar refractivity (Wildman–Crippen MR) is 47.4 cm³/mol. The number of hydrogen-bond donors (Lipinski definition) is 4. The summed E-state index contributed by atoms with van der Waals surface area (Å²) in [4.78, 5) is 10.7. The molecule has 0 bridgehead atoms. The van der Waals surface area contributed by atoms with Crippen molar-refractivity contribution in [2.75, 3.05) is 13.2 Å². The minimum absolute atomic E-state index is 0.211. The lowest BCUT2D eigenvalue weighted by Gasteiger charge is -2.36. The number of amides is 1. The van der Waals surface area contributed by atoms with Gasteiger partial charge in [-0.05, 0) is 0 Å². The molecule has 4 N–H and O–H groups in total. The van der Waals surface area contributed by atoms with E-state index in [1.54, 1.807) is 0 Å². The first kappa shape index (κ1) is 11.4. The molecular weight excluding hydrogens is 191 g/mol. The summed E-state index contributed by atoms with van der Waals surface area (Å²) in [7, 11) is 0. The van der Waals surface area contributed by atoms with Gasteiger partial charge in [-0.1, -0.05) is 0 Å². The zero-order valence-electron chi connectivity index (χ0n) is 7.90. The number of alkyl halides is 1. The Hall–Kier alpha value is -0.720. The first-order valence-corrected chi connectivity index (χ1v) is 4.49. The summed E-state index contributed by atoms with van der Waals surface area (Å²) in [5, 5.41) is 23.3. The van der Waals surface area contributed by atoms with Crippen LogP contribution in [0.3, 0.4) is 0 Å². The predicted octanol–water partition coefficient (Wildman–Crippen LogP) is -1.85. The molecule has 82 valence electrons. The molecule has 1 saturated heterocycles. The summed E-state index contributed by atoms with van der Waals surface area (Å²) in [5.41, 5.74) is 0. The molecule has 1 aliphatic heterocycles. The number of aliphatic hydroxyl groups is 2. The molecule has 5 nitrogen and oxygen atoms in total. The molecule has 14 heavy (non-hydrogen) atoms. The van der Waals surface area contributed by atoms with Crippen molar-refractivity contribution in [3.8, 4) is 0 Å². The third-order valence-electron chi connectivity index (χ3n) is 2.31. The highest BCUT2D eigenvalue weighted by molar-refractivity contribution is 5.73. The molecule has 1 heterocycles. The van der Waals surface area contributed by atoms with Crippen LogP contribution in [0.5, 0.6) is 0 Å². The summed E-state index contributed by atoms with van der Waals surface area (Å²) in [5.74, 6) is -0.339. The maximum atomic E-state index is 13.4.